The summed E-state index contributed by atoms with van der Waals surface area (Å²) in [6, 6.07) is 13.4. The number of piperidine rings is 1. The number of carbonyl (C=O) groups excluding carboxylic acids is 1. The predicted octanol–water partition coefficient (Wildman–Crippen LogP) is 3.57. The zero-order valence-electron chi connectivity index (χ0n) is 17.8. The van der Waals surface area contributed by atoms with Gasteiger partial charge in [0.15, 0.2) is 0 Å². The van der Waals surface area contributed by atoms with E-state index in [1.807, 2.05) is 4.90 Å². The van der Waals surface area contributed by atoms with Gasteiger partial charge in [0.25, 0.3) is 5.91 Å². The molecule has 3 atom stereocenters. The van der Waals surface area contributed by atoms with E-state index < -0.39 is 0 Å². The first-order chi connectivity index (χ1) is 14.7. The van der Waals surface area contributed by atoms with Gasteiger partial charge in [-0.1, -0.05) is 30.3 Å². The van der Waals surface area contributed by atoms with Crippen LogP contribution in [0.2, 0.25) is 0 Å². The SMILES string of the molecule is N#CCC1(N2CCC(C[C@@H]3CC3c3ccccc3)CC2)CN(C(=O)[C@H]2CCCO2)C1. The first-order valence-corrected chi connectivity index (χ1v) is 11.8. The zero-order chi connectivity index (χ0) is 20.6. The predicted molar refractivity (Wildman–Crippen MR) is 115 cm³/mol. The number of rotatable bonds is 6. The number of hydrogen-bond acceptors (Lipinski definition) is 4. The van der Waals surface area contributed by atoms with E-state index in [0.29, 0.717) is 26.1 Å². The van der Waals surface area contributed by atoms with E-state index in [4.69, 9.17) is 4.74 Å². The molecule has 0 N–H and O–H groups in total. The summed E-state index contributed by atoms with van der Waals surface area (Å²) in [6.45, 7) is 4.23. The van der Waals surface area contributed by atoms with Crippen molar-refractivity contribution in [2.75, 3.05) is 32.8 Å². The average Bonchev–Trinajstić information content (AvgIpc) is 3.29. The highest BCUT2D eigenvalue weighted by Crippen LogP contribution is 2.52. The highest BCUT2D eigenvalue weighted by Gasteiger charge is 2.51. The Labute approximate surface area is 180 Å². The van der Waals surface area contributed by atoms with Gasteiger partial charge >= 0.3 is 0 Å². The molecule has 0 bridgehead atoms. The monoisotopic (exact) mass is 407 g/mol. The van der Waals surface area contributed by atoms with Crippen LogP contribution in [0.25, 0.3) is 0 Å². The van der Waals surface area contributed by atoms with Gasteiger partial charge in [-0.25, -0.2) is 0 Å². The molecule has 1 aromatic rings. The third kappa shape index (κ3) is 3.88. The van der Waals surface area contributed by atoms with Crippen molar-refractivity contribution in [3.05, 3.63) is 35.9 Å². The number of nitrogens with zero attached hydrogens (tertiary/aromatic N) is 3. The Bertz CT molecular complexity index is 784. The molecular formula is C25H33N3O2. The third-order valence-corrected chi connectivity index (χ3v) is 7.97. The maximum absolute atomic E-state index is 12.6. The van der Waals surface area contributed by atoms with Crippen LogP contribution in [-0.2, 0) is 9.53 Å². The van der Waals surface area contributed by atoms with Gasteiger partial charge in [-0.2, -0.15) is 5.26 Å². The van der Waals surface area contributed by atoms with Crippen molar-refractivity contribution in [2.45, 2.75) is 62.5 Å². The molecule has 1 aromatic carbocycles. The molecule has 30 heavy (non-hydrogen) atoms. The van der Waals surface area contributed by atoms with Crippen LogP contribution in [0.1, 0.15) is 56.4 Å². The minimum absolute atomic E-state index is 0.125. The lowest BCUT2D eigenvalue weighted by molar-refractivity contribution is -0.157. The fraction of sp³-hybridized carbons (Fsp3) is 0.680. The molecule has 5 nitrogen and oxygen atoms in total. The Morgan fingerprint density at radius 3 is 2.60 bits per heavy atom. The molecule has 0 spiro atoms. The van der Waals surface area contributed by atoms with Crippen LogP contribution < -0.4 is 0 Å². The van der Waals surface area contributed by atoms with Crippen LogP contribution >= 0.6 is 0 Å². The first kappa shape index (κ1) is 20.0. The van der Waals surface area contributed by atoms with E-state index in [-0.39, 0.29) is 17.6 Å². The normalized spacial score (nSPS) is 31.2. The van der Waals surface area contributed by atoms with Crippen LogP contribution in [0.4, 0.5) is 0 Å². The molecule has 4 aliphatic rings. The second-order valence-electron chi connectivity index (χ2n) is 9.93. The summed E-state index contributed by atoms with van der Waals surface area (Å²) in [5, 5.41) is 9.45. The fourth-order valence-electron chi connectivity index (χ4n) is 6.05. The van der Waals surface area contributed by atoms with Gasteiger partial charge in [-0.15, -0.1) is 0 Å². The Kier molecular flexibility index (Phi) is 5.56. The molecule has 5 rings (SSSR count). The topological polar surface area (TPSA) is 56.6 Å². The Morgan fingerprint density at radius 1 is 1.17 bits per heavy atom. The lowest BCUT2D eigenvalue weighted by Gasteiger charge is -2.57. The van der Waals surface area contributed by atoms with Gasteiger partial charge in [0.05, 0.1) is 18.0 Å². The van der Waals surface area contributed by atoms with E-state index in [1.165, 1.54) is 31.2 Å². The molecule has 3 aliphatic heterocycles. The number of carbonyl (C=O) groups is 1. The summed E-state index contributed by atoms with van der Waals surface area (Å²) in [5.74, 6) is 2.58. The lowest BCUT2D eigenvalue weighted by atomic mass is 9.80. The fourth-order valence-corrected chi connectivity index (χ4v) is 6.05. The maximum Gasteiger partial charge on any atom is 0.251 e. The summed E-state index contributed by atoms with van der Waals surface area (Å²) in [5.41, 5.74) is 1.39. The van der Waals surface area contributed by atoms with Crippen molar-refractivity contribution >= 4 is 5.91 Å². The molecule has 4 fully saturated rings. The Balaban J connectivity index is 1.11. The van der Waals surface area contributed by atoms with Crippen LogP contribution in [0.3, 0.4) is 0 Å². The second kappa shape index (κ2) is 8.32. The molecule has 1 unspecified atom stereocenters. The Hall–Kier alpha value is -1.90. The quantitative estimate of drug-likeness (QED) is 0.723. The van der Waals surface area contributed by atoms with Crippen LogP contribution in [0.15, 0.2) is 30.3 Å². The van der Waals surface area contributed by atoms with Gasteiger partial charge in [0, 0.05) is 19.7 Å². The molecule has 1 amide bonds. The number of nitriles is 1. The molecular weight excluding hydrogens is 374 g/mol. The summed E-state index contributed by atoms with van der Waals surface area (Å²) in [7, 11) is 0. The van der Waals surface area contributed by atoms with Crippen LogP contribution in [0.5, 0.6) is 0 Å². The number of amides is 1. The van der Waals surface area contributed by atoms with Crippen molar-refractivity contribution in [1.82, 2.24) is 9.80 Å². The van der Waals surface area contributed by atoms with Crippen molar-refractivity contribution in [3.63, 3.8) is 0 Å². The summed E-state index contributed by atoms with van der Waals surface area (Å²) in [4.78, 5) is 17.1. The van der Waals surface area contributed by atoms with Gasteiger partial charge in [-0.3, -0.25) is 9.69 Å². The number of likely N-dealkylation sites (tertiary alicyclic amines) is 2. The average molecular weight is 408 g/mol. The summed E-state index contributed by atoms with van der Waals surface area (Å²) < 4.78 is 5.57. The van der Waals surface area contributed by atoms with E-state index in [9.17, 15) is 10.1 Å². The van der Waals surface area contributed by atoms with E-state index >= 15 is 0 Å². The Morgan fingerprint density at radius 2 is 1.93 bits per heavy atom. The molecule has 5 heteroatoms. The molecule has 0 radical (unpaired) electrons. The largest absolute Gasteiger partial charge is 0.368 e. The summed E-state index contributed by atoms with van der Waals surface area (Å²) in [6.07, 6.45) is 7.25. The molecule has 1 saturated carbocycles. The standard InChI is InChI=1S/C25H33N3O2/c26-11-10-25(17-27(18-25)24(29)23-7-4-14-30-23)28-12-8-19(9-13-28)15-21-16-22(21)20-5-2-1-3-6-20/h1-3,5-6,19,21-23H,4,7-10,12-18H2/t21-,22?,23-/m1/s1. The van der Waals surface area contributed by atoms with E-state index in [2.05, 4.69) is 41.3 Å². The maximum atomic E-state index is 12.6. The number of benzene rings is 1. The third-order valence-electron chi connectivity index (χ3n) is 7.97. The zero-order valence-corrected chi connectivity index (χ0v) is 17.8. The van der Waals surface area contributed by atoms with Gasteiger partial charge in [0.1, 0.15) is 6.10 Å². The minimum Gasteiger partial charge on any atom is -0.368 e. The van der Waals surface area contributed by atoms with Crippen LogP contribution in [0, 0.1) is 23.2 Å². The summed E-state index contributed by atoms with van der Waals surface area (Å²) >= 11 is 0. The van der Waals surface area contributed by atoms with Crippen molar-refractivity contribution in [2.24, 2.45) is 11.8 Å². The van der Waals surface area contributed by atoms with Crippen LogP contribution in [-0.4, -0.2) is 60.1 Å². The van der Waals surface area contributed by atoms with Gasteiger partial charge in [0.2, 0.25) is 0 Å². The minimum atomic E-state index is -0.244. The first-order valence-electron chi connectivity index (χ1n) is 11.8. The van der Waals surface area contributed by atoms with Crippen molar-refractivity contribution < 1.29 is 9.53 Å². The molecule has 3 heterocycles. The number of hydrogen-bond donors (Lipinski definition) is 0. The van der Waals surface area contributed by atoms with E-state index in [0.717, 1.165) is 43.7 Å². The smallest absolute Gasteiger partial charge is 0.251 e. The van der Waals surface area contributed by atoms with Gasteiger partial charge < -0.3 is 9.64 Å². The second-order valence-corrected chi connectivity index (χ2v) is 9.93. The lowest BCUT2D eigenvalue weighted by Crippen LogP contribution is -2.72. The molecule has 160 valence electrons. The van der Waals surface area contributed by atoms with Crippen molar-refractivity contribution in [1.29, 1.82) is 5.26 Å². The van der Waals surface area contributed by atoms with Crippen molar-refractivity contribution in [3.8, 4) is 6.07 Å². The molecule has 0 aromatic heterocycles. The number of ether oxygens (including phenoxy) is 1. The highest BCUT2D eigenvalue weighted by atomic mass is 16.5. The molecule has 3 saturated heterocycles. The van der Waals surface area contributed by atoms with Gasteiger partial charge in [-0.05, 0) is 74.9 Å². The molecule has 1 aliphatic carbocycles. The van der Waals surface area contributed by atoms with E-state index in [1.54, 1.807) is 0 Å². The highest BCUT2D eigenvalue weighted by molar-refractivity contribution is 5.82.